The third-order valence-electron chi connectivity index (χ3n) is 4.79. The Morgan fingerprint density at radius 2 is 1.97 bits per heavy atom. The van der Waals surface area contributed by atoms with Crippen molar-refractivity contribution >= 4 is 38.6 Å². The molecule has 4 rings (SSSR count). The second-order valence-electron chi connectivity index (χ2n) is 7.10. The van der Waals surface area contributed by atoms with E-state index in [1.165, 1.54) is 31.6 Å². The van der Waals surface area contributed by atoms with Crippen LogP contribution >= 0.6 is 11.3 Å². The molecule has 1 amide bonds. The number of ether oxygens (including phenoxy) is 1. The van der Waals surface area contributed by atoms with Crippen molar-refractivity contribution in [2.75, 3.05) is 17.1 Å². The maximum atomic E-state index is 13.9. The van der Waals surface area contributed by atoms with Crippen LogP contribution in [0.5, 0.6) is 5.88 Å². The minimum atomic E-state index is -4.36. The van der Waals surface area contributed by atoms with Gasteiger partial charge in [0.05, 0.1) is 24.7 Å². The molecular formula is C22H17F2N5O4S2. The van der Waals surface area contributed by atoms with Gasteiger partial charge >= 0.3 is 0 Å². The van der Waals surface area contributed by atoms with E-state index in [0.717, 1.165) is 23.8 Å². The molecule has 4 aromatic rings. The number of amides is 1. The number of carbonyl (C=O) groups is 1. The molecule has 0 spiro atoms. The number of nitrogens with zero attached hydrogens (tertiary/aromatic N) is 3. The van der Waals surface area contributed by atoms with E-state index in [1.54, 1.807) is 29.9 Å². The van der Waals surface area contributed by atoms with Gasteiger partial charge in [0.2, 0.25) is 5.88 Å². The lowest BCUT2D eigenvalue weighted by molar-refractivity contribution is 0.102. The van der Waals surface area contributed by atoms with Crippen LogP contribution in [0.1, 0.15) is 16.1 Å². The highest BCUT2D eigenvalue weighted by Crippen LogP contribution is 2.29. The number of nitrogens with one attached hydrogen (secondary N) is 2. The highest BCUT2D eigenvalue weighted by molar-refractivity contribution is 7.92. The van der Waals surface area contributed by atoms with Gasteiger partial charge in [-0.2, -0.15) is 0 Å². The summed E-state index contributed by atoms with van der Waals surface area (Å²) in [7, 11) is -3.14. The fraction of sp³-hybridized carbons (Fsp3) is 0.0909. The highest BCUT2D eigenvalue weighted by atomic mass is 32.2. The van der Waals surface area contributed by atoms with E-state index in [9.17, 15) is 22.0 Å². The molecule has 0 saturated carbocycles. The number of halogens is 2. The third-order valence-corrected chi connectivity index (χ3v) is 7.04. The van der Waals surface area contributed by atoms with Crippen LogP contribution in [-0.4, -0.2) is 36.4 Å². The molecule has 0 bridgehead atoms. The van der Waals surface area contributed by atoms with Crippen LogP contribution in [0.15, 0.2) is 59.2 Å². The van der Waals surface area contributed by atoms with Crippen LogP contribution in [0.25, 0.3) is 10.6 Å². The number of thiazole rings is 1. The Hall–Kier alpha value is -3.97. The summed E-state index contributed by atoms with van der Waals surface area (Å²) in [6, 6.07) is 6.59. The quantitative estimate of drug-likeness (QED) is 0.376. The Morgan fingerprint density at radius 1 is 1.17 bits per heavy atom. The Labute approximate surface area is 202 Å². The Kier molecular flexibility index (Phi) is 6.71. The summed E-state index contributed by atoms with van der Waals surface area (Å²) in [5, 5.41) is 4.69. The first-order chi connectivity index (χ1) is 16.7. The van der Waals surface area contributed by atoms with E-state index < -0.39 is 32.5 Å². The summed E-state index contributed by atoms with van der Waals surface area (Å²) in [5.41, 5.74) is 0.525. The predicted molar refractivity (Wildman–Crippen MR) is 126 cm³/mol. The van der Waals surface area contributed by atoms with Crippen LogP contribution in [0.4, 0.5) is 20.2 Å². The number of hydrogen-bond donors (Lipinski definition) is 2. The first-order valence-electron chi connectivity index (χ1n) is 9.88. The molecular weight excluding hydrogens is 500 g/mol. The number of methoxy groups -OCH3 is 1. The van der Waals surface area contributed by atoms with Gasteiger partial charge in [-0.3, -0.25) is 14.5 Å². The SMILES string of the molecule is COc1ncc(NC(=O)c2csc(-c3cccnc3)n2)cc1S(=O)(=O)Nc1ccc(F)c(F)c1C. The lowest BCUT2D eigenvalue weighted by atomic mass is 10.2. The summed E-state index contributed by atoms with van der Waals surface area (Å²) < 4.78 is 60.6. The molecule has 13 heteroatoms. The zero-order valence-corrected chi connectivity index (χ0v) is 19.9. The fourth-order valence-corrected chi connectivity index (χ4v) is 5.06. The van der Waals surface area contributed by atoms with E-state index in [1.807, 2.05) is 0 Å². The van der Waals surface area contributed by atoms with Crippen molar-refractivity contribution in [1.29, 1.82) is 0 Å². The van der Waals surface area contributed by atoms with Crippen LogP contribution < -0.4 is 14.8 Å². The summed E-state index contributed by atoms with van der Waals surface area (Å²) in [4.78, 5) is 24.5. The largest absolute Gasteiger partial charge is 0.480 e. The van der Waals surface area contributed by atoms with Gasteiger partial charge in [-0.25, -0.2) is 27.2 Å². The molecule has 3 heterocycles. The number of rotatable bonds is 7. The summed E-state index contributed by atoms with van der Waals surface area (Å²) in [6.07, 6.45) is 4.45. The molecule has 0 atom stereocenters. The van der Waals surface area contributed by atoms with E-state index in [-0.39, 0.29) is 28.5 Å². The molecule has 180 valence electrons. The first kappa shape index (κ1) is 24.2. The van der Waals surface area contributed by atoms with Crippen LogP contribution in [0, 0.1) is 18.6 Å². The second kappa shape index (κ2) is 9.72. The maximum absolute atomic E-state index is 13.9. The second-order valence-corrected chi connectivity index (χ2v) is 9.61. The Morgan fingerprint density at radius 3 is 2.69 bits per heavy atom. The average Bonchev–Trinajstić information content (AvgIpc) is 3.36. The smallest absolute Gasteiger partial charge is 0.275 e. The number of carbonyl (C=O) groups excluding carboxylic acids is 1. The summed E-state index contributed by atoms with van der Waals surface area (Å²) in [5.74, 6) is -3.13. The molecule has 0 radical (unpaired) electrons. The van der Waals surface area contributed by atoms with Gasteiger partial charge in [-0.1, -0.05) is 0 Å². The fourth-order valence-electron chi connectivity index (χ4n) is 3.00. The zero-order chi connectivity index (χ0) is 25.2. The number of sulfonamides is 1. The molecule has 0 saturated heterocycles. The standard InChI is InChI=1S/C22H17F2N5O4S2/c1-12-16(6-5-15(23)19(12)24)29-35(31,32)18-8-14(10-26-21(18)33-2)27-20(30)17-11-34-22(28-17)13-4-3-7-25-9-13/h3-11,29H,1-2H3,(H,27,30). The minimum absolute atomic E-state index is 0.0501. The van der Waals surface area contributed by atoms with Gasteiger partial charge < -0.3 is 10.1 Å². The monoisotopic (exact) mass is 517 g/mol. The lowest BCUT2D eigenvalue weighted by Gasteiger charge is -2.14. The van der Waals surface area contributed by atoms with Crippen molar-refractivity contribution in [3.8, 4) is 16.5 Å². The van der Waals surface area contributed by atoms with Crippen molar-refractivity contribution in [1.82, 2.24) is 15.0 Å². The Bertz CT molecular complexity index is 1510. The lowest BCUT2D eigenvalue weighted by Crippen LogP contribution is -2.17. The van der Waals surface area contributed by atoms with Crippen LogP contribution in [0.2, 0.25) is 0 Å². The number of pyridine rings is 2. The first-order valence-corrected chi connectivity index (χ1v) is 12.2. The van der Waals surface area contributed by atoms with E-state index in [4.69, 9.17) is 4.74 Å². The van der Waals surface area contributed by atoms with Gasteiger partial charge in [-0.15, -0.1) is 11.3 Å². The van der Waals surface area contributed by atoms with E-state index >= 15 is 0 Å². The molecule has 0 aliphatic heterocycles. The predicted octanol–water partition coefficient (Wildman–Crippen LogP) is 4.25. The summed E-state index contributed by atoms with van der Waals surface area (Å²) >= 11 is 1.25. The highest BCUT2D eigenvalue weighted by Gasteiger charge is 2.24. The van der Waals surface area contributed by atoms with Crippen LogP contribution in [-0.2, 0) is 10.0 Å². The molecule has 0 aliphatic rings. The van der Waals surface area contributed by atoms with Gasteiger partial charge in [-0.05, 0) is 37.3 Å². The van der Waals surface area contributed by atoms with Gasteiger partial charge in [0.1, 0.15) is 10.7 Å². The maximum Gasteiger partial charge on any atom is 0.275 e. The van der Waals surface area contributed by atoms with Crippen molar-refractivity contribution in [2.24, 2.45) is 0 Å². The van der Waals surface area contributed by atoms with Crippen molar-refractivity contribution in [2.45, 2.75) is 11.8 Å². The topological polar surface area (TPSA) is 123 Å². The molecule has 0 unspecified atom stereocenters. The van der Waals surface area contributed by atoms with E-state index in [0.29, 0.717) is 5.01 Å². The molecule has 0 fully saturated rings. The van der Waals surface area contributed by atoms with Crippen molar-refractivity contribution in [3.05, 3.63) is 77.2 Å². The number of benzene rings is 1. The molecule has 35 heavy (non-hydrogen) atoms. The Balaban J connectivity index is 1.60. The van der Waals surface area contributed by atoms with Crippen molar-refractivity contribution in [3.63, 3.8) is 0 Å². The minimum Gasteiger partial charge on any atom is -0.480 e. The average molecular weight is 518 g/mol. The van der Waals surface area contributed by atoms with Crippen molar-refractivity contribution < 1.29 is 26.7 Å². The molecule has 1 aromatic carbocycles. The number of hydrogen-bond acceptors (Lipinski definition) is 8. The third kappa shape index (κ3) is 5.10. The van der Waals surface area contributed by atoms with Gasteiger partial charge in [0.15, 0.2) is 16.5 Å². The molecule has 9 nitrogen and oxygen atoms in total. The zero-order valence-electron chi connectivity index (χ0n) is 18.2. The number of aromatic nitrogens is 3. The molecule has 0 aliphatic carbocycles. The number of anilines is 2. The van der Waals surface area contributed by atoms with E-state index in [2.05, 4.69) is 25.0 Å². The van der Waals surface area contributed by atoms with Gasteiger partial charge in [0, 0.05) is 28.9 Å². The molecule has 3 aromatic heterocycles. The van der Waals surface area contributed by atoms with Gasteiger partial charge in [0.25, 0.3) is 15.9 Å². The molecule has 2 N–H and O–H groups in total. The normalized spacial score (nSPS) is 11.2. The van der Waals surface area contributed by atoms with Crippen LogP contribution in [0.3, 0.4) is 0 Å². The summed E-state index contributed by atoms with van der Waals surface area (Å²) in [6.45, 7) is 1.23.